The van der Waals surface area contributed by atoms with Gasteiger partial charge in [0.1, 0.15) is 11.8 Å². The lowest BCUT2D eigenvalue weighted by atomic mass is 9.50. The molecule has 2 bridgehead atoms. The third-order valence-electron chi connectivity index (χ3n) is 5.94. The fourth-order valence-electron chi connectivity index (χ4n) is 4.91. The van der Waals surface area contributed by atoms with Gasteiger partial charge in [-0.3, -0.25) is 10.1 Å². The molecule has 0 aromatic carbocycles. The van der Waals surface area contributed by atoms with Gasteiger partial charge < -0.3 is 9.73 Å². The van der Waals surface area contributed by atoms with E-state index < -0.39 is 34.4 Å². The molecule has 0 radical (unpaired) electrons. The van der Waals surface area contributed by atoms with E-state index in [0.29, 0.717) is 18.6 Å². The van der Waals surface area contributed by atoms with Crippen LogP contribution >= 0.6 is 0 Å². The number of carbonyl (C=O) groups is 1. The largest absolute Gasteiger partial charge is 0.468 e. The van der Waals surface area contributed by atoms with Gasteiger partial charge in [0.05, 0.1) is 30.1 Å². The molecule has 120 valence electrons. The second-order valence-corrected chi connectivity index (χ2v) is 6.77. The maximum absolute atomic E-state index is 12.9. The third-order valence-corrected chi connectivity index (χ3v) is 5.94. The average molecular weight is 321 g/mol. The van der Waals surface area contributed by atoms with Crippen LogP contribution in [0.5, 0.6) is 0 Å². The van der Waals surface area contributed by atoms with Crippen molar-refractivity contribution in [1.29, 1.82) is 15.8 Å². The number of nitrogens with one attached hydrogen (secondary N) is 2. The Labute approximate surface area is 138 Å². The normalized spacial score (nSPS) is 39.0. The monoisotopic (exact) mass is 321 g/mol. The lowest BCUT2D eigenvalue weighted by molar-refractivity contribution is -0.130. The number of piperidine rings is 1. The maximum Gasteiger partial charge on any atom is 0.245 e. The molecule has 2 N–H and O–H groups in total. The van der Waals surface area contributed by atoms with E-state index in [-0.39, 0.29) is 0 Å². The highest BCUT2D eigenvalue weighted by molar-refractivity contribution is 5.92. The Morgan fingerprint density at radius 1 is 1.21 bits per heavy atom. The number of carbonyl (C=O) groups excluding carboxylic acids is 1. The van der Waals surface area contributed by atoms with Gasteiger partial charge in [0.2, 0.25) is 5.91 Å². The Hall–Kier alpha value is -2.82. The molecule has 0 spiro atoms. The zero-order valence-electron chi connectivity index (χ0n) is 12.9. The van der Waals surface area contributed by atoms with Gasteiger partial charge in [0, 0.05) is 5.92 Å². The van der Waals surface area contributed by atoms with E-state index in [9.17, 15) is 20.6 Å². The molecular formula is C17H15N5O2. The van der Waals surface area contributed by atoms with Crippen LogP contribution in [0, 0.1) is 50.7 Å². The van der Waals surface area contributed by atoms with E-state index in [2.05, 4.69) is 16.7 Å². The van der Waals surface area contributed by atoms with Crippen molar-refractivity contribution >= 4 is 5.91 Å². The minimum Gasteiger partial charge on any atom is -0.468 e. The van der Waals surface area contributed by atoms with E-state index in [1.807, 2.05) is 12.1 Å². The van der Waals surface area contributed by atoms with Crippen LogP contribution in [0.4, 0.5) is 0 Å². The molecule has 2 aliphatic heterocycles. The number of nitriles is 3. The molecular weight excluding hydrogens is 306 g/mol. The highest BCUT2D eigenvalue weighted by Crippen LogP contribution is 2.64. The minimum atomic E-state index is -1.86. The van der Waals surface area contributed by atoms with E-state index in [0.717, 1.165) is 12.8 Å². The lowest BCUT2D eigenvalue weighted by Crippen LogP contribution is -2.68. The first-order valence-corrected chi connectivity index (χ1v) is 7.98. The fourth-order valence-corrected chi connectivity index (χ4v) is 4.91. The summed E-state index contributed by atoms with van der Waals surface area (Å²) in [7, 11) is 0. The van der Waals surface area contributed by atoms with Crippen molar-refractivity contribution in [2.75, 3.05) is 0 Å². The molecule has 7 nitrogen and oxygen atoms in total. The number of furan rings is 1. The maximum atomic E-state index is 12.9. The molecule has 1 aromatic heterocycles. The Morgan fingerprint density at radius 3 is 2.62 bits per heavy atom. The van der Waals surface area contributed by atoms with Gasteiger partial charge in [0.25, 0.3) is 0 Å². The van der Waals surface area contributed by atoms with Crippen LogP contribution in [0.15, 0.2) is 22.8 Å². The van der Waals surface area contributed by atoms with Crippen molar-refractivity contribution in [3.05, 3.63) is 24.2 Å². The summed E-state index contributed by atoms with van der Waals surface area (Å²) in [6.45, 7) is 0. The highest BCUT2D eigenvalue weighted by Gasteiger charge is 2.79. The van der Waals surface area contributed by atoms with Gasteiger partial charge in [-0.2, -0.15) is 15.8 Å². The SMILES string of the molecule is N#CC1(C#N)[C@@H](c2ccco2)N[C@@]23CCCC[C@@H]2[C@@]1(C#N)C(=O)N3. The summed E-state index contributed by atoms with van der Waals surface area (Å²) in [5.74, 6) is -0.555. The van der Waals surface area contributed by atoms with Crippen molar-refractivity contribution in [3.8, 4) is 18.2 Å². The van der Waals surface area contributed by atoms with Gasteiger partial charge >= 0.3 is 0 Å². The topological polar surface area (TPSA) is 126 Å². The van der Waals surface area contributed by atoms with Crippen molar-refractivity contribution in [3.63, 3.8) is 0 Å². The Kier molecular flexibility index (Phi) is 2.83. The molecule has 1 aromatic rings. The van der Waals surface area contributed by atoms with Crippen LogP contribution < -0.4 is 10.6 Å². The predicted octanol–water partition coefficient (Wildman–Crippen LogP) is 1.48. The smallest absolute Gasteiger partial charge is 0.245 e. The van der Waals surface area contributed by atoms with Crippen molar-refractivity contribution < 1.29 is 9.21 Å². The average Bonchev–Trinajstić information content (AvgIpc) is 3.19. The quantitative estimate of drug-likeness (QED) is 0.807. The molecule has 24 heavy (non-hydrogen) atoms. The molecule has 3 fully saturated rings. The summed E-state index contributed by atoms with van der Waals surface area (Å²) in [5.41, 5.74) is -4.33. The van der Waals surface area contributed by atoms with Gasteiger partial charge in [-0.15, -0.1) is 0 Å². The molecule has 7 heteroatoms. The van der Waals surface area contributed by atoms with Crippen LogP contribution in [-0.2, 0) is 4.79 Å². The zero-order chi connectivity index (χ0) is 17.0. The van der Waals surface area contributed by atoms with Crippen molar-refractivity contribution in [1.82, 2.24) is 10.6 Å². The third kappa shape index (κ3) is 1.36. The Bertz CT molecular complexity index is 813. The summed E-state index contributed by atoms with van der Waals surface area (Å²) in [6.07, 6.45) is 4.51. The molecule has 1 aliphatic carbocycles. The fraction of sp³-hybridized carbons (Fsp3) is 0.529. The molecule has 3 heterocycles. The summed E-state index contributed by atoms with van der Waals surface area (Å²) in [4.78, 5) is 12.9. The molecule has 0 unspecified atom stereocenters. The lowest BCUT2D eigenvalue weighted by Gasteiger charge is -2.53. The highest BCUT2D eigenvalue weighted by atomic mass is 16.3. The minimum absolute atomic E-state index is 0.387. The van der Waals surface area contributed by atoms with Crippen LogP contribution in [0.1, 0.15) is 37.5 Å². The second-order valence-electron chi connectivity index (χ2n) is 6.77. The molecule has 4 atom stereocenters. The van der Waals surface area contributed by atoms with Crippen LogP contribution in [0.25, 0.3) is 0 Å². The number of hydrogen-bond donors (Lipinski definition) is 2. The van der Waals surface area contributed by atoms with Crippen molar-refractivity contribution in [2.45, 2.75) is 37.4 Å². The summed E-state index contributed by atoms with van der Waals surface area (Å²) in [5, 5.41) is 36.2. The first kappa shape index (κ1) is 14.8. The Morgan fingerprint density at radius 2 is 2.00 bits per heavy atom. The first-order valence-electron chi connectivity index (χ1n) is 7.98. The molecule has 3 aliphatic rings. The van der Waals surface area contributed by atoms with E-state index in [1.54, 1.807) is 12.1 Å². The van der Waals surface area contributed by atoms with Gasteiger partial charge in [-0.05, 0) is 31.4 Å². The van der Waals surface area contributed by atoms with Crippen LogP contribution in [-0.4, -0.2) is 11.6 Å². The summed E-state index contributed by atoms with van der Waals surface area (Å²) >= 11 is 0. The molecule has 1 saturated carbocycles. The van der Waals surface area contributed by atoms with Crippen LogP contribution in [0.3, 0.4) is 0 Å². The van der Waals surface area contributed by atoms with Crippen molar-refractivity contribution in [2.24, 2.45) is 16.7 Å². The summed E-state index contributed by atoms with van der Waals surface area (Å²) < 4.78 is 5.44. The number of nitrogens with zero attached hydrogens (tertiary/aromatic N) is 3. The number of rotatable bonds is 1. The molecule has 4 rings (SSSR count). The summed E-state index contributed by atoms with van der Waals surface area (Å²) in [6, 6.07) is 8.61. The molecule has 2 saturated heterocycles. The Balaban J connectivity index is 2.02. The van der Waals surface area contributed by atoms with Gasteiger partial charge in [-0.1, -0.05) is 6.42 Å². The predicted molar refractivity (Wildman–Crippen MR) is 79.1 cm³/mol. The zero-order valence-corrected chi connectivity index (χ0v) is 12.9. The van der Waals surface area contributed by atoms with Gasteiger partial charge in [-0.25, -0.2) is 0 Å². The van der Waals surface area contributed by atoms with Crippen LogP contribution in [0.2, 0.25) is 0 Å². The van der Waals surface area contributed by atoms with E-state index in [1.165, 1.54) is 6.26 Å². The number of hydrogen-bond acceptors (Lipinski definition) is 6. The first-order chi connectivity index (χ1) is 11.6. The van der Waals surface area contributed by atoms with E-state index >= 15 is 0 Å². The van der Waals surface area contributed by atoms with E-state index in [4.69, 9.17) is 4.42 Å². The number of amides is 1. The standard InChI is InChI=1S/C17H15N5O2/c18-8-15(9-19)13(11-4-3-7-24-11)21-17-6-2-1-5-12(17)16(15,10-20)14(23)22-17/h3-4,7,12-13,21H,1-2,5-6H2,(H,22,23)/t12-,13-,16+,17-/m1/s1. The molecule has 1 amide bonds. The van der Waals surface area contributed by atoms with Gasteiger partial charge in [0.15, 0.2) is 10.8 Å². The second kappa shape index (κ2) is 4.60.